The van der Waals surface area contributed by atoms with Crippen molar-refractivity contribution >= 4 is 44.3 Å². The van der Waals surface area contributed by atoms with Gasteiger partial charge in [0.1, 0.15) is 17.1 Å². The van der Waals surface area contributed by atoms with Gasteiger partial charge in [0.2, 0.25) is 10.0 Å². The Labute approximate surface area is 232 Å². The number of pyridine rings is 1. The first-order valence-corrected chi connectivity index (χ1v) is 14.4. The molecule has 204 valence electrons. The summed E-state index contributed by atoms with van der Waals surface area (Å²) in [6.07, 6.45) is 2.54. The maximum absolute atomic E-state index is 13.1. The highest BCUT2D eigenvalue weighted by atomic mass is 35.5. The molecule has 4 aromatic rings. The molecule has 0 saturated carbocycles. The molecule has 2 amide bonds. The van der Waals surface area contributed by atoms with Crippen molar-refractivity contribution in [2.24, 2.45) is 0 Å². The van der Waals surface area contributed by atoms with E-state index >= 15 is 0 Å². The number of fused-ring (bicyclic) bond motifs is 1. The van der Waals surface area contributed by atoms with E-state index in [9.17, 15) is 18.0 Å². The number of aromatic nitrogens is 2. The number of carbonyl (C=O) groups is 2. The molecule has 4 rings (SSSR count). The first-order chi connectivity index (χ1) is 18.6. The summed E-state index contributed by atoms with van der Waals surface area (Å²) in [4.78, 5) is 32.1. The van der Waals surface area contributed by atoms with Gasteiger partial charge in [-0.3, -0.25) is 14.6 Å². The van der Waals surface area contributed by atoms with Gasteiger partial charge in [-0.05, 0) is 73.7 Å². The molecular weight excluding hydrogens is 540 g/mol. The van der Waals surface area contributed by atoms with Crippen molar-refractivity contribution in [2.75, 3.05) is 18.9 Å². The number of H-pyrrole nitrogens is 1. The van der Waals surface area contributed by atoms with Crippen molar-refractivity contribution in [1.82, 2.24) is 20.0 Å². The molecule has 0 atom stereocenters. The summed E-state index contributed by atoms with van der Waals surface area (Å²) in [7, 11) is -4.02. The van der Waals surface area contributed by atoms with Gasteiger partial charge in [0.05, 0.1) is 12.4 Å². The normalized spacial score (nSPS) is 11.4. The number of sulfonamides is 1. The SMILES string of the molecule is Cc1cc(OCCCc2c(C(=O)NS(=O)(=O)CCNC(=O)c3ccccn3)[nH]c3ccccc23)cc(C)c1Cl. The van der Waals surface area contributed by atoms with E-state index in [0.717, 1.165) is 22.0 Å². The quantitative estimate of drug-likeness (QED) is 0.231. The Bertz CT molecular complexity index is 1580. The topological polar surface area (TPSA) is 130 Å². The minimum absolute atomic E-state index is 0.173. The molecule has 0 aliphatic heterocycles. The Balaban J connectivity index is 1.39. The molecule has 3 N–H and O–H groups in total. The third-order valence-corrected chi connectivity index (χ3v) is 7.93. The van der Waals surface area contributed by atoms with Gasteiger partial charge in [0.15, 0.2) is 0 Å². The van der Waals surface area contributed by atoms with Crippen LogP contribution in [0.5, 0.6) is 5.75 Å². The predicted molar refractivity (Wildman–Crippen MR) is 151 cm³/mol. The lowest BCUT2D eigenvalue weighted by molar-refractivity contribution is 0.0950. The molecule has 9 nitrogen and oxygen atoms in total. The summed E-state index contributed by atoms with van der Waals surface area (Å²) in [5, 5.41) is 4.04. The molecule has 11 heteroatoms. The van der Waals surface area contributed by atoms with Gasteiger partial charge in [0.25, 0.3) is 11.8 Å². The number of halogens is 1. The molecule has 0 fully saturated rings. The van der Waals surface area contributed by atoms with E-state index in [1.165, 1.54) is 12.3 Å². The number of amides is 2. The number of nitrogens with zero attached hydrogens (tertiary/aromatic N) is 1. The van der Waals surface area contributed by atoms with Crippen LogP contribution < -0.4 is 14.8 Å². The van der Waals surface area contributed by atoms with Gasteiger partial charge >= 0.3 is 0 Å². The minimum atomic E-state index is -4.02. The van der Waals surface area contributed by atoms with E-state index in [1.54, 1.807) is 12.1 Å². The van der Waals surface area contributed by atoms with Crippen molar-refractivity contribution in [3.05, 3.63) is 93.9 Å². The zero-order valence-electron chi connectivity index (χ0n) is 21.6. The van der Waals surface area contributed by atoms with Gasteiger partial charge in [-0.15, -0.1) is 0 Å². The molecule has 2 aromatic heterocycles. The second-order valence-electron chi connectivity index (χ2n) is 9.07. The third kappa shape index (κ3) is 7.15. The molecule has 2 aromatic carbocycles. The van der Waals surface area contributed by atoms with Gasteiger partial charge in [-0.25, -0.2) is 13.1 Å². The van der Waals surface area contributed by atoms with E-state index in [1.807, 2.05) is 50.2 Å². The molecule has 2 heterocycles. The highest BCUT2D eigenvalue weighted by molar-refractivity contribution is 7.90. The second kappa shape index (κ2) is 12.3. The van der Waals surface area contributed by atoms with Crippen molar-refractivity contribution < 1.29 is 22.7 Å². The Kier molecular flexibility index (Phi) is 8.88. The van der Waals surface area contributed by atoms with Crippen LogP contribution >= 0.6 is 11.6 Å². The smallest absolute Gasteiger partial charge is 0.281 e. The van der Waals surface area contributed by atoms with E-state index in [-0.39, 0.29) is 17.9 Å². The maximum Gasteiger partial charge on any atom is 0.281 e. The number of aryl methyl sites for hydroxylation is 3. The lowest BCUT2D eigenvalue weighted by atomic mass is 10.1. The first-order valence-electron chi connectivity index (χ1n) is 12.4. The molecular formula is C28H29ClN4O5S. The average Bonchev–Trinajstić information content (AvgIpc) is 3.28. The standard InChI is InChI=1S/C28H29ClN4O5S/c1-18-16-20(17-19(2)25(18)29)38-14-7-9-22-21-8-3-4-10-23(21)32-26(22)28(35)33-39(36,37)15-13-31-27(34)24-11-5-6-12-30-24/h3-6,8,10-12,16-17,32H,7,9,13-15H2,1-2H3,(H,31,34)(H,33,35). The van der Waals surface area contributed by atoms with Crippen LogP contribution in [0.15, 0.2) is 60.8 Å². The minimum Gasteiger partial charge on any atom is -0.494 e. The lowest BCUT2D eigenvalue weighted by Gasteiger charge is -2.11. The molecule has 0 bridgehead atoms. The van der Waals surface area contributed by atoms with Crippen molar-refractivity contribution in [3.8, 4) is 5.75 Å². The summed E-state index contributed by atoms with van der Waals surface area (Å²) >= 11 is 6.23. The zero-order chi connectivity index (χ0) is 28.0. The predicted octanol–water partition coefficient (Wildman–Crippen LogP) is 4.33. The Morgan fingerprint density at radius 3 is 2.46 bits per heavy atom. The highest BCUT2D eigenvalue weighted by Crippen LogP contribution is 2.27. The van der Waals surface area contributed by atoms with Crippen molar-refractivity contribution in [2.45, 2.75) is 26.7 Å². The molecule has 0 radical (unpaired) electrons. The van der Waals surface area contributed by atoms with Crippen LogP contribution in [-0.4, -0.2) is 49.1 Å². The van der Waals surface area contributed by atoms with Crippen LogP contribution in [0.4, 0.5) is 0 Å². The summed E-state index contributed by atoms with van der Waals surface area (Å²) in [5.74, 6) is -1.02. The largest absolute Gasteiger partial charge is 0.494 e. The maximum atomic E-state index is 13.1. The van der Waals surface area contributed by atoms with Gasteiger partial charge in [-0.2, -0.15) is 0 Å². The Morgan fingerprint density at radius 1 is 1.03 bits per heavy atom. The molecule has 0 unspecified atom stereocenters. The van der Waals surface area contributed by atoms with Crippen LogP contribution in [-0.2, 0) is 16.4 Å². The summed E-state index contributed by atoms with van der Waals surface area (Å²) in [5.41, 5.74) is 3.64. The molecule has 0 saturated heterocycles. The van der Waals surface area contributed by atoms with Crippen LogP contribution in [0.3, 0.4) is 0 Å². The van der Waals surface area contributed by atoms with Crippen LogP contribution in [0.2, 0.25) is 5.02 Å². The van der Waals surface area contributed by atoms with Crippen molar-refractivity contribution in [1.29, 1.82) is 0 Å². The Hall–Kier alpha value is -3.89. The fourth-order valence-electron chi connectivity index (χ4n) is 4.21. The number of nitrogens with one attached hydrogen (secondary N) is 3. The fourth-order valence-corrected chi connectivity index (χ4v) is 5.18. The van der Waals surface area contributed by atoms with Crippen LogP contribution in [0, 0.1) is 13.8 Å². The lowest BCUT2D eigenvalue weighted by Crippen LogP contribution is -2.38. The fraction of sp³-hybridized carbons (Fsp3) is 0.250. The molecule has 0 aliphatic carbocycles. The molecule has 39 heavy (non-hydrogen) atoms. The number of carbonyl (C=O) groups excluding carboxylic acids is 2. The Morgan fingerprint density at radius 2 is 1.74 bits per heavy atom. The van der Waals surface area contributed by atoms with E-state index < -0.39 is 27.6 Å². The van der Waals surface area contributed by atoms with Gasteiger partial charge in [-0.1, -0.05) is 35.9 Å². The number of aromatic amines is 1. The number of hydrogen-bond acceptors (Lipinski definition) is 6. The van der Waals surface area contributed by atoms with Gasteiger partial charge in [0, 0.05) is 28.7 Å². The van der Waals surface area contributed by atoms with Crippen molar-refractivity contribution in [3.63, 3.8) is 0 Å². The van der Waals surface area contributed by atoms with Crippen LogP contribution in [0.1, 0.15) is 44.1 Å². The van der Waals surface area contributed by atoms with Gasteiger partial charge < -0.3 is 15.0 Å². The highest BCUT2D eigenvalue weighted by Gasteiger charge is 2.22. The average molecular weight is 569 g/mol. The number of rotatable bonds is 11. The zero-order valence-corrected chi connectivity index (χ0v) is 23.2. The number of ether oxygens (including phenoxy) is 1. The van der Waals surface area contributed by atoms with Crippen LogP contribution in [0.25, 0.3) is 10.9 Å². The number of para-hydroxylation sites is 1. The van der Waals surface area contributed by atoms with E-state index in [2.05, 4.69) is 20.0 Å². The first kappa shape index (κ1) is 28.1. The second-order valence-corrected chi connectivity index (χ2v) is 11.3. The van der Waals surface area contributed by atoms with E-state index in [4.69, 9.17) is 16.3 Å². The summed E-state index contributed by atoms with van der Waals surface area (Å²) in [6, 6.07) is 16.0. The summed E-state index contributed by atoms with van der Waals surface area (Å²) < 4.78 is 33.2. The number of benzene rings is 2. The van der Waals surface area contributed by atoms with E-state index in [0.29, 0.717) is 35.8 Å². The monoisotopic (exact) mass is 568 g/mol. The molecule has 0 aliphatic rings. The summed E-state index contributed by atoms with van der Waals surface area (Å²) in [6.45, 7) is 4.05. The molecule has 0 spiro atoms. The third-order valence-electron chi connectivity index (χ3n) is 6.09. The number of hydrogen-bond donors (Lipinski definition) is 3.